The summed E-state index contributed by atoms with van der Waals surface area (Å²) in [7, 11) is 0. The van der Waals surface area contributed by atoms with E-state index >= 15 is 0 Å². The summed E-state index contributed by atoms with van der Waals surface area (Å²) in [5, 5.41) is 0. The lowest BCUT2D eigenvalue weighted by Gasteiger charge is -2.02. The molecule has 1 rings (SSSR count). The molecule has 2 nitrogen and oxygen atoms in total. The van der Waals surface area contributed by atoms with Crippen molar-refractivity contribution in [3.8, 4) is 0 Å². The molecule has 0 aromatic carbocycles. The van der Waals surface area contributed by atoms with Gasteiger partial charge in [-0.3, -0.25) is 0 Å². The topological polar surface area (TPSA) is 39.2 Å². The van der Waals surface area contributed by atoms with Crippen LogP contribution in [0.5, 0.6) is 0 Å². The lowest BCUT2D eigenvalue weighted by molar-refractivity contribution is 0.482. The summed E-state index contributed by atoms with van der Waals surface area (Å²) in [6.45, 7) is 6.31. The van der Waals surface area contributed by atoms with Crippen molar-refractivity contribution < 1.29 is 4.42 Å². The van der Waals surface area contributed by atoms with Gasteiger partial charge >= 0.3 is 0 Å². The fourth-order valence-corrected chi connectivity index (χ4v) is 1.27. The number of hydrogen-bond donors (Lipinski definition) is 1. The molecule has 0 saturated carbocycles. The average molecular weight is 190 g/mol. The number of halogens is 1. The number of nitrogen functional groups attached to an aromatic ring is 1. The maximum absolute atomic E-state index is 5.70. The highest BCUT2D eigenvalue weighted by atomic mass is 35.5. The molecule has 0 fully saturated rings. The van der Waals surface area contributed by atoms with E-state index in [1.165, 1.54) is 5.56 Å². The lowest BCUT2D eigenvalue weighted by atomic mass is 10.0. The van der Waals surface area contributed by atoms with Gasteiger partial charge in [-0.15, -0.1) is 12.4 Å². The highest BCUT2D eigenvalue weighted by molar-refractivity contribution is 5.85. The first-order valence-electron chi connectivity index (χ1n) is 4.02. The molecule has 0 amide bonds. The van der Waals surface area contributed by atoms with Crippen LogP contribution in [0.2, 0.25) is 0 Å². The molecule has 0 atom stereocenters. The van der Waals surface area contributed by atoms with Crippen LogP contribution in [0.4, 0.5) is 5.69 Å². The molecule has 0 radical (unpaired) electrons. The van der Waals surface area contributed by atoms with Gasteiger partial charge in [-0.05, 0) is 6.42 Å². The van der Waals surface area contributed by atoms with Gasteiger partial charge in [0, 0.05) is 11.5 Å². The van der Waals surface area contributed by atoms with Crippen LogP contribution in [-0.4, -0.2) is 0 Å². The van der Waals surface area contributed by atoms with Gasteiger partial charge in [-0.1, -0.05) is 20.8 Å². The van der Waals surface area contributed by atoms with E-state index in [4.69, 9.17) is 10.2 Å². The minimum Gasteiger partial charge on any atom is -0.467 e. The van der Waals surface area contributed by atoms with Crippen molar-refractivity contribution in [3.63, 3.8) is 0 Å². The standard InChI is InChI=1S/C9H15NO.ClH/c1-4-7-8(10)5-11-9(7)6(2)3;/h5-6H,4,10H2,1-3H3;1H. The SMILES string of the molecule is CCc1c(N)coc1C(C)C.Cl. The number of hydrogen-bond acceptors (Lipinski definition) is 2. The normalized spacial score (nSPS) is 10.0. The first kappa shape index (κ1) is 11.4. The van der Waals surface area contributed by atoms with Crippen LogP contribution in [0.3, 0.4) is 0 Å². The van der Waals surface area contributed by atoms with Crippen molar-refractivity contribution in [1.29, 1.82) is 0 Å². The van der Waals surface area contributed by atoms with Gasteiger partial charge in [0.05, 0.1) is 5.69 Å². The van der Waals surface area contributed by atoms with E-state index in [0.717, 1.165) is 17.9 Å². The van der Waals surface area contributed by atoms with E-state index < -0.39 is 0 Å². The van der Waals surface area contributed by atoms with Crippen LogP contribution in [0.15, 0.2) is 10.7 Å². The second-order valence-corrected chi connectivity index (χ2v) is 3.04. The minimum atomic E-state index is 0. The molecule has 0 aliphatic heterocycles. The fourth-order valence-electron chi connectivity index (χ4n) is 1.27. The maximum atomic E-state index is 5.70. The number of furan rings is 1. The van der Waals surface area contributed by atoms with Crippen molar-refractivity contribution in [2.75, 3.05) is 5.73 Å². The Hall–Kier alpha value is -0.630. The molecular formula is C9H16ClNO. The van der Waals surface area contributed by atoms with Gasteiger partial charge in [0.15, 0.2) is 0 Å². The van der Waals surface area contributed by atoms with E-state index in [-0.39, 0.29) is 12.4 Å². The van der Waals surface area contributed by atoms with Crippen LogP contribution in [0.1, 0.15) is 38.0 Å². The third-order valence-corrected chi connectivity index (χ3v) is 1.84. The van der Waals surface area contributed by atoms with Crippen LogP contribution in [-0.2, 0) is 6.42 Å². The monoisotopic (exact) mass is 189 g/mol. The second-order valence-electron chi connectivity index (χ2n) is 3.04. The summed E-state index contributed by atoms with van der Waals surface area (Å²) in [6, 6.07) is 0. The Balaban J connectivity index is 0.00000121. The molecule has 0 aliphatic rings. The molecular weight excluding hydrogens is 174 g/mol. The Kier molecular flexibility index (Phi) is 4.18. The summed E-state index contributed by atoms with van der Waals surface area (Å²) >= 11 is 0. The number of anilines is 1. The van der Waals surface area contributed by atoms with Crippen molar-refractivity contribution >= 4 is 18.1 Å². The first-order valence-corrected chi connectivity index (χ1v) is 4.02. The van der Waals surface area contributed by atoms with Crippen LogP contribution in [0.25, 0.3) is 0 Å². The molecule has 3 heteroatoms. The van der Waals surface area contributed by atoms with Crippen LogP contribution in [0, 0.1) is 0 Å². The number of rotatable bonds is 2. The quantitative estimate of drug-likeness (QED) is 0.777. The van der Waals surface area contributed by atoms with Gasteiger partial charge in [-0.2, -0.15) is 0 Å². The molecule has 70 valence electrons. The Morgan fingerprint density at radius 3 is 2.42 bits per heavy atom. The smallest absolute Gasteiger partial charge is 0.114 e. The average Bonchev–Trinajstić information content (AvgIpc) is 2.30. The zero-order chi connectivity index (χ0) is 8.43. The zero-order valence-electron chi connectivity index (χ0n) is 7.76. The summed E-state index contributed by atoms with van der Waals surface area (Å²) in [5.74, 6) is 1.47. The van der Waals surface area contributed by atoms with Crippen molar-refractivity contribution in [1.82, 2.24) is 0 Å². The first-order chi connectivity index (χ1) is 5.16. The van der Waals surface area contributed by atoms with Crippen LogP contribution < -0.4 is 5.73 Å². The highest BCUT2D eigenvalue weighted by Gasteiger charge is 2.11. The molecule has 1 aromatic heterocycles. The van der Waals surface area contributed by atoms with Gasteiger partial charge < -0.3 is 10.2 Å². The Morgan fingerprint density at radius 2 is 2.08 bits per heavy atom. The molecule has 1 aromatic rings. The molecule has 0 spiro atoms. The molecule has 1 heterocycles. The van der Waals surface area contributed by atoms with Crippen molar-refractivity contribution in [2.45, 2.75) is 33.1 Å². The van der Waals surface area contributed by atoms with E-state index in [0.29, 0.717) is 5.92 Å². The summed E-state index contributed by atoms with van der Waals surface area (Å²) < 4.78 is 5.32. The van der Waals surface area contributed by atoms with E-state index in [1.807, 2.05) is 0 Å². The van der Waals surface area contributed by atoms with E-state index in [2.05, 4.69) is 20.8 Å². The second kappa shape index (κ2) is 4.41. The Morgan fingerprint density at radius 1 is 1.50 bits per heavy atom. The van der Waals surface area contributed by atoms with E-state index in [1.54, 1.807) is 6.26 Å². The molecule has 2 N–H and O–H groups in total. The highest BCUT2D eigenvalue weighted by Crippen LogP contribution is 2.26. The molecule has 0 aliphatic carbocycles. The fraction of sp³-hybridized carbons (Fsp3) is 0.556. The third kappa shape index (κ3) is 1.95. The summed E-state index contributed by atoms with van der Waals surface area (Å²) in [4.78, 5) is 0. The molecule has 0 unspecified atom stereocenters. The molecule has 12 heavy (non-hydrogen) atoms. The molecule has 0 saturated heterocycles. The van der Waals surface area contributed by atoms with Gasteiger partial charge in [0.1, 0.15) is 12.0 Å². The van der Waals surface area contributed by atoms with Crippen molar-refractivity contribution in [2.24, 2.45) is 0 Å². The summed E-state index contributed by atoms with van der Waals surface area (Å²) in [6.07, 6.45) is 2.59. The predicted molar refractivity (Wildman–Crippen MR) is 53.8 cm³/mol. The maximum Gasteiger partial charge on any atom is 0.114 e. The van der Waals surface area contributed by atoms with Gasteiger partial charge in [0.2, 0.25) is 0 Å². The lowest BCUT2D eigenvalue weighted by Crippen LogP contribution is -1.93. The zero-order valence-corrected chi connectivity index (χ0v) is 8.57. The molecule has 0 bridgehead atoms. The van der Waals surface area contributed by atoms with Gasteiger partial charge in [-0.25, -0.2) is 0 Å². The Labute approximate surface area is 79.5 Å². The minimum absolute atomic E-state index is 0. The van der Waals surface area contributed by atoms with E-state index in [9.17, 15) is 0 Å². The largest absolute Gasteiger partial charge is 0.467 e. The van der Waals surface area contributed by atoms with Crippen LogP contribution >= 0.6 is 12.4 Å². The predicted octanol–water partition coefficient (Wildman–Crippen LogP) is 2.97. The third-order valence-electron chi connectivity index (χ3n) is 1.84. The van der Waals surface area contributed by atoms with Crippen molar-refractivity contribution in [3.05, 3.63) is 17.6 Å². The number of nitrogens with two attached hydrogens (primary N) is 1. The summed E-state index contributed by atoms with van der Waals surface area (Å²) in [5.41, 5.74) is 7.65. The van der Waals surface area contributed by atoms with Gasteiger partial charge in [0.25, 0.3) is 0 Å². The Bertz CT molecular complexity index is 243.